The second-order valence-electron chi connectivity index (χ2n) is 6.53. The molecule has 0 saturated carbocycles. The molecule has 1 atom stereocenters. The maximum atomic E-state index is 13.4. The molecule has 2 heterocycles. The Kier molecular flexibility index (Phi) is 4.19. The average Bonchev–Trinajstić information content (AvgIpc) is 2.74. The van der Waals surface area contributed by atoms with Crippen LogP contribution in [0.5, 0.6) is 0 Å². The smallest absolute Gasteiger partial charge is 0.419 e. The van der Waals surface area contributed by atoms with Crippen molar-refractivity contribution in [3.8, 4) is 0 Å². The van der Waals surface area contributed by atoms with Crippen LogP contribution in [0.1, 0.15) is 24.0 Å². The van der Waals surface area contributed by atoms with E-state index in [0.717, 1.165) is 25.0 Å². The fourth-order valence-corrected chi connectivity index (χ4v) is 3.48. The molecule has 0 bridgehead atoms. The molecule has 24 heavy (non-hydrogen) atoms. The summed E-state index contributed by atoms with van der Waals surface area (Å²) >= 11 is 0. The number of benzene rings is 1. The van der Waals surface area contributed by atoms with Gasteiger partial charge in [-0.25, -0.2) is 9.18 Å². The van der Waals surface area contributed by atoms with Crippen LogP contribution in [0, 0.1) is 5.82 Å². The quantitative estimate of drug-likeness (QED) is 0.771. The third-order valence-corrected chi connectivity index (χ3v) is 4.50. The molecular weight excluding hydrogens is 328 g/mol. The normalized spacial score (nSPS) is 25.4. The lowest BCUT2D eigenvalue weighted by molar-refractivity contribution is -0.140. The van der Waals surface area contributed by atoms with E-state index in [2.05, 4.69) is 0 Å². The van der Waals surface area contributed by atoms with Crippen molar-refractivity contribution in [3.05, 3.63) is 35.1 Å². The SMILES string of the molecule is CN1CC2(CCCN(Cc3ccc(F)c(C(F)(F)F)c3)C2)OC1=O. The number of nitrogens with zero attached hydrogens (tertiary/aromatic N) is 2. The predicted molar refractivity (Wildman–Crippen MR) is 77.8 cm³/mol. The number of carbonyl (C=O) groups excluding carboxylic acids is 1. The number of amides is 1. The lowest BCUT2D eigenvalue weighted by Gasteiger charge is -2.38. The minimum absolute atomic E-state index is 0.256. The van der Waals surface area contributed by atoms with Gasteiger partial charge in [0.1, 0.15) is 11.4 Å². The fraction of sp³-hybridized carbons (Fsp3) is 0.562. The Bertz CT molecular complexity index is 649. The minimum Gasteiger partial charge on any atom is -0.440 e. The van der Waals surface area contributed by atoms with Gasteiger partial charge in [0.2, 0.25) is 0 Å². The van der Waals surface area contributed by atoms with E-state index < -0.39 is 23.2 Å². The zero-order valence-corrected chi connectivity index (χ0v) is 13.2. The molecule has 4 nitrogen and oxygen atoms in total. The highest BCUT2D eigenvalue weighted by molar-refractivity contribution is 5.70. The third kappa shape index (κ3) is 3.33. The average molecular weight is 346 g/mol. The van der Waals surface area contributed by atoms with E-state index in [1.165, 1.54) is 11.0 Å². The Balaban J connectivity index is 1.74. The number of carbonyl (C=O) groups is 1. The van der Waals surface area contributed by atoms with Gasteiger partial charge in [0, 0.05) is 20.1 Å². The number of likely N-dealkylation sites (tertiary alicyclic amines) is 1. The number of rotatable bonds is 2. The Morgan fingerprint density at radius 3 is 2.67 bits per heavy atom. The van der Waals surface area contributed by atoms with Gasteiger partial charge in [0.05, 0.1) is 12.1 Å². The summed E-state index contributed by atoms with van der Waals surface area (Å²) < 4.78 is 57.3. The number of halogens is 4. The molecule has 2 fully saturated rings. The summed E-state index contributed by atoms with van der Waals surface area (Å²) in [7, 11) is 1.66. The van der Waals surface area contributed by atoms with Gasteiger partial charge in [-0.15, -0.1) is 0 Å². The Labute approximate surface area is 137 Å². The van der Waals surface area contributed by atoms with E-state index in [-0.39, 0.29) is 12.6 Å². The highest BCUT2D eigenvalue weighted by Gasteiger charge is 2.46. The molecule has 8 heteroatoms. The molecule has 1 spiro atoms. The van der Waals surface area contributed by atoms with Crippen LogP contribution in [0.2, 0.25) is 0 Å². The van der Waals surface area contributed by atoms with E-state index in [1.807, 2.05) is 4.90 Å². The first-order valence-electron chi connectivity index (χ1n) is 7.71. The fourth-order valence-electron chi connectivity index (χ4n) is 3.48. The van der Waals surface area contributed by atoms with Crippen LogP contribution < -0.4 is 0 Å². The predicted octanol–water partition coefficient (Wildman–Crippen LogP) is 3.26. The summed E-state index contributed by atoms with van der Waals surface area (Å²) in [5, 5.41) is 0. The third-order valence-electron chi connectivity index (χ3n) is 4.50. The molecular formula is C16H18F4N2O2. The number of hydrogen-bond acceptors (Lipinski definition) is 3. The molecule has 2 aliphatic heterocycles. The number of alkyl halides is 3. The number of ether oxygens (including phenoxy) is 1. The highest BCUT2D eigenvalue weighted by Crippen LogP contribution is 2.34. The van der Waals surface area contributed by atoms with Crippen molar-refractivity contribution in [2.45, 2.75) is 31.2 Å². The number of hydrogen-bond donors (Lipinski definition) is 0. The Morgan fingerprint density at radius 1 is 1.29 bits per heavy atom. The van der Waals surface area contributed by atoms with Crippen LogP contribution in [0.15, 0.2) is 18.2 Å². The molecule has 1 amide bonds. The molecule has 1 aromatic carbocycles. The second kappa shape index (κ2) is 5.91. The van der Waals surface area contributed by atoms with E-state index in [1.54, 1.807) is 7.05 Å². The topological polar surface area (TPSA) is 32.8 Å². The molecule has 0 aliphatic carbocycles. The van der Waals surface area contributed by atoms with Gasteiger partial charge in [-0.1, -0.05) is 6.07 Å². The van der Waals surface area contributed by atoms with E-state index in [4.69, 9.17) is 4.74 Å². The lowest BCUT2D eigenvalue weighted by atomic mass is 9.92. The van der Waals surface area contributed by atoms with Crippen LogP contribution >= 0.6 is 0 Å². The van der Waals surface area contributed by atoms with Gasteiger partial charge in [0.25, 0.3) is 0 Å². The molecule has 2 aliphatic rings. The minimum atomic E-state index is -4.72. The van der Waals surface area contributed by atoms with Crippen LogP contribution in [0.4, 0.5) is 22.4 Å². The molecule has 0 aromatic heterocycles. The van der Waals surface area contributed by atoms with Crippen molar-refractivity contribution in [2.24, 2.45) is 0 Å². The summed E-state index contributed by atoms with van der Waals surface area (Å²) in [6.07, 6.45) is -3.57. The molecule has 132 valence electrons. The van der Waals surface area contributed by atoms with Crippen molar-refractivity contribution in [3.63, 3.8) is 0 Å². The van der Waals surface area contributed by atoms with Gasteiger partial charge in [-0.3, -0.25) is 4.90 Å². The number of likely N-dealkylation sites (N-methyl/N-ethyl adjacent to an activating group) is 1. The maximum absolute atomic E-state index is 13.4. The zero-order chi connectivity index (χ0) is 17.5. The Morgan fingerprint density at radius 2 is 2.04 bits per heavy atom. The van der Waals surface area contributed by atoms with E-state index in [9.17, 15) is 22.4 Å². The highest BCUT2D eigenvalue weighted by atomic mass is 19.4. The standard InChI is InChI=1S/C16H18F4N2O2/c1-21-9-15(24-14(21)23)5-2-6-22(10-15)8-11-3-4-13(17)12(7-11)16(18,19)20/h3-4,7H,2,5-6,8-10H2,1H3. The summed E-state index contributed by atoms with van der Waals surface area (Å²) in [5.74, 6) is -1.27. The van der Waals surface area contributed by atoms with Crippen molar-refractivity contribution in [1.82, 2.24) is 9.80 Å². The molecule has 0 radical (unpaired) electrons. The molecule has 3 rings (SSSR count). The first-order chi connectivity index (χ1) is 11.2. The van der Waals surface area contributed by atoms with Gasteiger partial charge < -0.3 is 9.64 Å². The van der Waals surface area contributed by atoms with Crippen molar-refractivity contribution < 1.29 is 27.1 Å². The molecule has 1 unspecified atom stereocenters. The van der Waals surface area contributed by atoms with Crippen molar-refractivity contribution in [2.75, 3.05) is 26.7 Å². The molecule has 0 N–H and O–H groups in total. The van der Waals surface area contributed by atoms with E-state index >= 15 is 0 Å². The van der Waals surface area contributed by atoms with Crippen LogP contribution in [-0.2, 0) is 17.5 Å². The largest absolute Gasteiger partial charge is 0.440 e. The molecule has 2 saturated heterocycles. The lowest BCUT2D eigenvalue weighted by Crippen LogP contribution is -2.50. The molecule has 1 aromatic rings. The van der Waals surface area contributed by atoms with E-state index in [0.29, 0.717) is 25.2 Å². The van der Waals surface area contributed by atoms with Crippen molar-refractivity contribution >= 4 is 6.09 Å². The van der Waals surface area contributed by atoms with Gasteiger partial charge in [-0.2, -0.15) is 13.2 Å². The Hall–Kier alpha value is -1.83. The first kappa shape index (κ1) is 17.0. The van der Waals surface area contributed by atoms with Gasteiger partial charge in [0.15, 0.2) is 0 Å². The van der Waals surface area contributed by atoms with Gasteiger partial charge >= 0.3 is 12.3 Å². The number of piperidine rings is 1. The zero-order valence-electron chi connectivity index (χ0n) is 13.2. The van der Waals surface area contributed by atoms with Gasteiger partial charge in [-0.05, 0) is 37.1 Å². The summed E-state index contributed by atoms with van der Waals surface area (Å²) in [6.45, 7) is 1.88. The summed E-state index contributed by atoms with van der Waals surface area (Å²) in [6, 6.07) is 3.06. The van der Waals surface area contributed by atoms with Crippen LogP contribution in [0.3, 0.4) is 0 Å². The van der Waals surface area contributed by atoms with Crippen LogP contribution in [0.25, 0.3) is 0 Å². The van der Waals surface area contributed by atoms with Crippen molar-refractivity contribution in [1.29, 1.82) is 0 Å². The summed E-state index contributed by atoms with van der Waals surface area (Å²) in [4.78, 5) is 15.1. The summed E-state index contributed by atoms with van der Waals surface area (Å²) in [5.41, 5.74) is -1.46. The first-order valence-corrected chi connectivity index (χ1v) is 7.71. The van der Waals surface area contributed by atoms with Crippen LogP contribution in [-0.4, -0.2) is 48.2 Å². The maximum Gasteiger partial charge on any atom is 0.419 e. The monoisotopic (exact) mass is 346 g/mol. The second-order valence-corrected chi connectivity index (χ2v) is 6.53.